The maximum absolute atomic E-state index is 5.08. The Hall–Kier alpha value is -16.4. The van der Waals surface area contributed by atoms with Crippen molar-refractivity contribution >= 4 is 0 Å². The SMILES string of the molecule is Cc1cc(C)n(-c2[c-]cccc2)n1.Cc1cc(C)n(-c2[c-]cccc2)n1.Cc1nn(-c2[c-]cccc2)c(C)c1-c1ccc(-c2ccccc2)cc1.Cn1ccnc1-c1[c-]cccc1.[Rh+2].[Rh+2].[Rh+2].[Rh+2].[c-]1ccccc1-c1ncco1.[c-]1ccccc1-n1cc(-c2ccc(-c3ccccc3)cc2)cn1.[c-]1ccccc1-n1cc(-c2ccc(-c3ccccc3)cc2)nn1.[c-]1ccccc1-n1ncc(-c2ccc(-c3ccccc3)cc2)n1. The Morgan fingerprint density at radius 3 is 1.02 bits per heavy atom. The summed E-state index contributed by atoms with van der Waals surface area (Å²) in [5.41, 5.74) is 32.2. The van der Waals surface area contributed by atoms with Crippen LogP contribution in [0.2, 0.25) is 0 Å². The molecular formula is C125H99N17ORh4. The molecule has 0 unspecified atom stereocenters. The van der Waals surface area contributed by atoms with Gasteiger partial charge in [-0.25, -0.2) is 4.68 Å². The third-order valence-electron chi connectivity index (χ3n) is 22.8. The van der Waals surface area contributed by atoms with Crippen molar-refractivity contribution in [2.75, 3.05) is 0 Å². The Kier molecular flexibility index (Phi) is 40.2. The minimum atomic E-state index is 0. The first-order chi connectivity index (χ1) is 70.3. The monoisotopic (exact) mass is 2270 g/mol. The van der Waals surface area contributed by atoms with E-state index in [2.05, 4.69) is 290 Å². The van der Waals surface area contributed by atoms with E-state index in [1.165, 1.54) is 55.6 Å². The molecular weight excluding hydrogens is 2170 g/mol. The number of nitrogens with zero attached hydrogens (tertiary/aromatic N) is 17. The Labute approximate surface area is 910 Å². The number of aryl methyl sites for hydroxylation is 6. The van der Waals surface area contributed by atoms with E-state index >= 15 is 0 Å². The van der Waals surface area contributed by atoms with E-state index < -0.39 is 0 Å². The van der Waals surface area contributed by atoms with Crippen LogP contribution in [-0.2, 0) is 85.0 Å². The Balaban J connectivity index is 0.000000142. The fourth-order valence-electron chi connectivity index (χ4n) is 15.7. The van der Waals surface area contributed by atoms with Gasteiger partial charge in [-0.15, -0.1) is 108 Å². The number of hydrogen-bond acceptors (Lipinski definition) is 11. The van der Waals surface area contributed by atoms with Gasteiger partial charge in [0.15, 0.2) is 0 Å². The minimum absolute atomic E-state index is 0. The average molecular weight is 2270 g/mol. The first-order valence-corrected chi connectivity index (χ1v) is 46.6. The van der Waals surface area contributed by atoms with Gasteiger partial charge in [-0.3, -0.25) is 28.7 Å². The molecule has 0 atom stereocenters. The van der Waals surface area contributed by atoms with Crippen LogP contribution in [0.1, 0.15) is 34.2 Å². The van der Waals surface area contributed by atoms with Crippen molar-refractivity contribution in [1.29, 1.82) is 0 Å². The van der Waals surface area contributed by atoms with Crippen molar-refractivity contribution in [2.24, 2.45) is 7.05 Å². The fourth-order valence-corrected chi connectivity index (χ4v) is 15.7. The van der Waals surface area contributed by atoms with E-state index in [9.17, 15) is 0 Å². The quantitative estimate of drug-likeness (QED) is 0.0664. The van der Waals surface area contributed by atoms with Gasteiger partial charge in [-0.05, 0) is 143 Å². The molecule has 0 spiro atoms. The maximum Gasteiger partial charge on any atom is 2.00 e. The average Bonchev–Trinajstić information content (AvgIpc) is 1.64. The Morgan fingerprint density at radius 2 is 0.639 bits per heavy atom. The van der Waals surface area contributed by atoms with Crippen LogP contribution in [0.5, 0.6) is 0 Å². The molecule has 0 aliphatic heterocycles. The zero-order valence-corrected chi connectivity index (χ0v) is 87.9. The predicted octanol–water partition coefficient (Wildman–Crippen LogP) is 28.0. The first kappa shape index (κ1) is 108. The summed E-state index contributed by atoms with van der Waals surface area (Å²) in [6.07, 6.45) is 14.5. The van der Waals surface area contributed by atoms with Crippen molar-refractivity contribution in [3.05, 3.63) is 557 Å². The maximum atomic E-state index is 5.08. The van der Waals surface area contributed by atoms with Gasteiger partial charge < -0.3 is 8.98 Å². The van der Waals surface area contributed by atoms with E-state index in [4.69, 9.17) is 9.52 Å². The summed E-state index contributed by atoms with van der Waals surface area (Å²) in [5, 5.41) is 35.2. The van der Waals surface area contributed by atoms with Crippen molar-refractivity contribution < 1.29 is 82.3 Å². The van der Waals surface area contributed by atoms with Gasteiger partial charge in [0, 0.05) is 65.0 Å². The van der Waals surface area contributed by atoms with Crippen LogP contribution in [0.4, 0.5) is 0 Å². The van der Waals surface area contributed by atoms with Crippen LogP contribution in [0.15, 0.2) is 479 Å². The zero-order chi connectivity index (χ0) is 98.1. The Bertz CT molecular complexity index is 7470. The third kappa shape index (κ3) is 29.4. The largest absolute Gasteiger partial charge is 2.00 e. The van der Waals surface area contributed by atoms with E-state index in [1.807, 2.05) is 325 Å². The summed E-state index contributed by atoms with van der Waals surface area (Å²) < 4.78 is 16.4. The molecule has 22 heteroatoms. The minimum Gasteiger partial charge on any atom is -0.489 e. The number of oxazole rings is 1. The number of imidazole rings is 1. The number of aromatic nitrogens is 17. The summed E-state index contributed by atoms with van der Waals surface area (Å²) in [7, 11) is 1.98. The molecule has 0 amide bonds. The van der Waals surface area contributed by atoms with Crippen molar-refractivity contribution in [2.45, 2.75) is 41.5 Å². The molecule has 8 heterocycles. The molecule has 4 radical (unpaired) electrons. The summed E-state index contributed by atoms with van der Waals surface area (Å²) in [5.74, 6) is 1.57. The van der Waals surface area contributed by atoms with E-state index in [0.29, 0.717) is 5.89 Å². The third-order valence-corrected chi connectivity index (χ3v) is 22.8. The second-order valence-electron chi connectivity index (χ2n) is 32.9. The number of para-hydroxylation sites is 6. The van der Waals surface area contributed by atoms with Gasteiger partial charge >= 0.3 is 77.9 Å². The van der Waals surface area contributed by atoms with Gasteiger partial charge in [0.2, 0.25) is 0 Å². The molecule has 24 rings (SSSR count). The Morgan fingerprint density at radius 1 is 0.279 bits per heavy atom. The smallest absolute Gasteiger partial charge is 0.489 e. The summed E-state index contributed by atoms with van der Waals surface area (Å²) in [6, 6.07) is 167. The van der Waals surface area contributed by atoms with E-state index in [0.717, 1.165) is 119 Å². The molecule has 0 aliphatic rings. The van der Waals surface area contributed by atoms with Crippen LogP contribution in [0.3, 0.4) is 0 Å². The molecule has 726 valence electrons. The second kappa shape index (κ2) is 54.9. The van der Waals surface area contributed by atoms with Crippen LogP contribution < -0.4 is 0 Å². The first-order valence-electron chi connectivity index (χ1n) is 46.6. The zero-order valence-electron chi connectivity index (χ0n) is 81.4. The van der Waals surface area contributed by atoms with Crippen molar-refractivity contribution in [3.63, 3.8) is 0 Å². The van der Waals surface area contributed by atoms with Crippen LogP contribution in [-0.4, -0.2) is 83.6 Å². The van der Waals surface area contributed by atoms with Gasteiger partial charge in [-0.2, -0.15) is 181 Å². The van der Waals surface area contributed by atoms with Crippen molar-refractivity contribution in [3.8, 4) is 146 Å². The van der Waals surface area contributed by atoms with Crippen LogP contribution >= 0.6 is 0 Å². The number of benzene rings is 16. The molecule has 16 aromatic carbocycles. The molecule has 0 N–H and O–H groups in total. The molecule has 0 bridgehead atoms. The van der Waals surface area contributed by atoms with Gasteiger partial charge in [0.25, 0.3) is 0 Å². The van der Waals surface area contributed by atoms with Crippen molar-refractivity contribution in [1.82, 2.24) is 83.6 Å². The van der Waals surface area contributed by atoms with Crippen LogP contribution in [0.25, 0.3) is 146 Å². The van der Waals surface area contributed by atoms with Gasteiger partial charge in [0.1, 0.15) is 17.3 Å². The summed E-state index contributed by atoms with van der Waals surface area (Å²) >= 11 is 0. The second-order valence-corrected chi connectivity index (χ2v) is 32.9. The standard InChI is InChI=1S/C23H19N2.C21H15N2.2C20H14N3.2C11H11N2.C10H9N2.C9H6NO.4Rh/c1-17-23(18(2)25(24-17)22-11-7-4-8-12-22)21-15-13-20(14-16-21)19-9-5-3-6-10-19;1-3-7-17(8-4-1)18-11-13-19(14-12-18)20-15-22-23(16-20)21-9-5-2-6-10-21;1-3-7-16(8-4-1)17-11-13-18(14-12-17)20-15-23(22-21-20)19-9-5-2-6-10-19;1-3-7-16(8-4-1)17-11-13-18(14-12-17)20-15-21-23(22-20)19-9-5-2-6-10-19;2*1-9-8-10(2)13(12-9)11-6-4-3-5-7-11;1-12-8-7-11-10(12)9-5-3-2-4-6-9;1-2-4-8(5-3-1)9-10-6-7-11-9;;;;/h3-11,13-16H,1-2H3;1-9,11-16H;2*1-9,11-15H;2*3-6,8H,1-2H3;2-5,7-8H,1H3;1-4,6-7H;;;;/q8*-1;4*+2. The van der Waals surface area contributed by atoms with Crippen LogP contribution in [0, 0.1) is 90.1 Å². The summed E-state index contributed by atoms with van der Waals surface area (Å²) in [4.78, 5) is 9.80. The summed E-state index contributed by atoms with van der Waals surface area (Å²) in [6.45, 7) is 12.2. The normalized spacial score (nSPS) is 10.2. The van der Waals surface area contributed by atoms with Gasteiger partial charge in [-0.1, -0.05) is 229 Å². The molecule has 8 aromatic heterocycles. The molecule has 0 saturated carbocycles. The van der Waals surface area contributed by atoms with Gasteiger partial charge in [0.05, 0.1) is 54.0 Å². The molecule has 24 aromatic rings. The number of rotatable bonds is 16. The van der Waals surface area contributed by atoms with E-state index in [-0.39, 0.29) is 77.9 Å². The van der Waals surface area contributed by atoms with E-state index in [1.54, 1.807) is 34.3 Å². The topological polar surface area (TPSA) is 177 Å². The molecule has 0 fully saturated rings. The molecule has 147 heavy (non-hydrogen) atoms. The molecule has 18 nitrogen and oxygen atoms in total. The number of hydrogen-bond donors (Lipinski definition) is 0. The molecule has 0 aliphatic carbocycles. The molecule has 0 saturated heterocycles. The predicted molar refractivity (Wildman–Crippen MR) is 570 cm³/mol. The fraction of sp³-hybridized carbons (Fsp3) is 0.0560.